The van der Waals surface area contributed by atoms with Crippen molar-refractivity contribution in [2.75, 3.05) is 0 Å². The minimum atomic E-state index is -0.677. The first-order valence-electron chi connectivity index (χ1n) is 43.7. The summed E-state index contributed by atoms with van der Waals surface area (Å²) in [7, 11) is 0. The lowest BCUT2D eigenvalue weighted by atomic mass is 9.61. The van der Waals surface area contributed by atoms with Crippen LogP contribution in [-0.4, -0.2) is 38.2 Å². The fourth-order valence-corrected chi connectivity index (χ4v) is 21.9. The van der Waals surface area contributed by atoms with Gasteiger partial charge in [-0.15, -0.1) is 0 Å². The first kappa shape index (κ1) is 71.5. The SMILES string of the molecule is c1ccc(-c2cc(-c3ccc(-n4c5ccccc5c5cc6c(cc54)Oc4ccccc4C64c5ccccc5-n5c6ccccc6c6cccc4c65)cc3)nc(-c3ccccc3)n2)cc1.c1ccc(-c2cc(-c3ccc(-n4c5ccccc5c5ccc6c(c54)Oc4ccccc4C64c5ccccc5-n5c6ccccc6c6cccc4c65)cc3)nc(-c3ccccc3)n2)cc1. The zero-order valence-corrected chi connectivity index (χ0v) is 69.0. The largest absolute Gasteiger partial charge is 0.457 e. The molecule has 0 saturated heterocycles. The highest BCUT2D eigenvalue weighted by molar-refractivity contribution is 6.17. The molecule has 0 amide bonds. The lowest BCUT2D eigenvalue weighted by Gasteiger charge is -2.45. The maximum atomic E-state index is 7.33. The second-order valence-corrected chi connectivity index (χ2v) is 33.7. The van der Waals surface area contributed by atoms with Gasteiger partial charge in [0, 0.05) is 116 Å². The zero-order valence-electron chi connectivity index (χ0n) is 69.0. The van der Waals surface area contributed by atoms with Crippen LogP contribution >= 0.6 is 0 Å². The van der Waals surface area contributed by atoms with Crippen LogP contribution in [0.25, 0.3) is 178 Å². The molecule has 0 aliphatic carbocycles. The number of ether oxygens (including phenoxy) is 2. The molecular formula is C118H72N8O2. The van der Waals surface area contributed by atoms with E-state index in [1.807, 2.05) is 48.5 Å². The van der Waals surface area contributed by atoms with Crippen molar-refractivity contribution in [3.63, 3.8) is 0 Å². The molecule has 2 spiro atoms. The van der Waals surface area contributed by atoms with Crippen LogP contribution in [0.3, 0.4) is 0 Å². The normalized spacial score (nSPS) is 14.8. The Morgan fingerprint density at radius 1 is 0.188 bits per heavy atom. The topological polar surface area (TPSA) is 89.7 Å². The Kier molecular flexibility index (Phi) is 15.5. The van der Waals surface area contributed by atoms with Crippen LogP contribution in [0.15, 0.2) is 437 Å². The lowest BCUT2D eigenvalue weighted by Crippen LogP contribution is -2.37. The summed E-state index contributed by atoms with van der Waals surface area (Å²) in [6.45, 7) is 0. The zero-order chi connectivity index (χ0) is 83.9. The Labute approximate surface area is 735 Å². The van der Waals surface area contributed by atoms with E-state index in [2.05, 4.69) is 407 Å². The van der Waals surface area contributed by atoms with Gasteiger partial charge in [-0.1, -0.05) is 340 Å². The van der Waals surface area contributed by atoms with Crippen LogP contribution < -0.4 is 9.47 Å². The number of aromatic nitrogens is 8. The average molecular weight is 1630 g/mol. The van der Waals surface area contributed by atoms with Gasteiger partial charge < -0.3 is 27.7 Å². The molecule has 128 heavy (non-hydrogen) atoms. The van der Waals surface area contributed by atoms with Gasteiger partial charge in [0.15, 0.2) is 17.4 Å². The van der Waals surface area contributed by atoms with Crippen LogP contribution in [0.1, 0.15) is 44.5 Å². The Hall–Kier alpha value is -17.1. The highest BCUT2D eigenvalue weighted by Gasteiger charge is 2.53. The van der Waals surface area contributed by atoms with Gasteiger partial charge in [-0.2, -0.15) is 0 Å². The lowest BCUT2D eigenvalue weighted by molar-refractivity contribution is 0.434. The van der Waals surface area contributed by atoms with E-state index >= 15 is 0 Å². The van der Waals surface area contributed by atoms with E-state index in [4.69, 9.17) is 29.4 Å². The van der Waals surface area contributed by atoms with Crippen molar-refractivity contribution in [1.82, 2.24) is 38.2 Å². The van der Waals surface area contributed by atoms with Crippen molar-refractivity contribution in [1.29, 1.82) is 0 Å². The molecule has 4 aliphatic heterocycles. The van der Waals surface area contributed by atoms with Gasteiger partial charge in [0.05, 0.1) is 89.1 Å². The Morgan fingerprint density at radius 3 is 1.01 bits per heavy atom. The molecule has 0 N–H and O–H groups in total. The second-order valence-electron chi connectivity index (χ2n) is 33.7. The van der Waals surface area contributed by atoms with Crippen molar-refractivity contribution in [2.24, 2.45) is 0 Å². The van der Waals surface area contributed by atoms with Crippen LogP contribution in [0, 0.1) is 0 Å². The van der Waals surface area contributed by atoms with E-state index < -0.39 is 10.8 Å². The van der Waals surface area contributed by atoms with Crippen molar-refractivity contribution >= 4 is 87.2 Å². The quantitative estimate of drug-likeness (QED) is 0.151. The molecule has 10 heterocycles. The van der Waals surface area contributed by atoms with E-state index in [9.17, 15) is 0 Å². The molecule has 0 saturated carbocycles. The molecule has 10 heteroatoms. The van der Waals surface area contributed by atoms with E-state index in [-0.39, 0.29) is 0 Å². The molecule has 0 bridgehead atoms. The summed E-state index contributed by atoms with van der Waals surface area (Å²) >= 11 is 0. The van der Waals surface area contributed by atoms with Crippen molar-refractivity contribution in [3.05, 3.63) is 481 Å². The fraction of sp³-hybridized carbons (Fsp3) is 0.0169. The summed E-state index contributed by atoms with van der Waals surface area (Å²) in [6, 6.07) is 156. The van der Waals surface area contributed by atoms with Crippen molar-refractivity contribution < 1.29 is 9.47 Å². The summed E-state index contributed by atoms with van der Waals surface area (Å²) in [5, 5.41) is 9.67. The maximum absolute atomic E-state index is 7.33. The van der Waals surface area contributed by atoms with E-state index in [1.54, 1.807) is 0 Å². The van der Waals surface area contributed by atoms with E-state index in [1.165, 1.54) is 93.4 Å². The van der Waals surface area contributed by atoms with Gasteiger partial charge in [0.2, 0.25) is 0 Å². The molecule has 4 aliphatic rings. The standard InChI is InChI=1S/2C59H36N4O/c1-3-16-37(17-4-1)49-35-50(61-58(60-49)39-18-5-2-6-19-39)38-30-32-40(33-31-38)62-51-26-11-8-21-42(51)44-34-48-56(36-54(44)62)64-55-29-14-10-24-46(55)59(48)45-23-9-13-28-53(45)63-52-27-12-7-20-41(52)43-22-15-25-47(59)57(43)63;1-3-16-37(17-4-1)49-36-50(61-58(60-49)39-18-5-2-6-19-39)38-30-32-40(33-31-38)62-51-26-11-7-21-42(51)44-34-35-48-57(56(44)62)64-54-29-14-10-24-46(54)59(48)45-23-9-13-28-53(45)63-52-27-12-8-20-41(52)43-22-15-25-47(59)55(43)63/h2*1-36H. The number of benzene rings is 18. The van der Waals surface area contributed by atoms with Gasteiger partial charge in [-0.25, -0.2) is 19.9 Å². The predicted octanol–water partition coefficient (Wildman–Crippen LogP) is 28.9. The summed E-state index contributed by atoms with van der Waals surface area (Å²) in [5.41, 5.74) is 31.5. The number of hydrogen-bond acceptors (Lipinski definition) is 6. The molecule has 0 fully saturated rings. The molecule has 596 valence electrons. The first-order valence-corrected chi connectivity index (χ1v) is 43.7. The molecule has 10 nitrogen and oxygen atoms in total. The number of nitrogens with zero attached hydrogens (tertiary/aromatic N) is 8. The summed E-state index contributed by atoms with van der Waals surface area (Å²) < 4.78 is 24.2. The molecule has 2 unspecified atom stereocenters. The smallest absolute Gasteiger partial charge is 0.160 e. The van der Waals surface area contributed by atoms with Gasteiger partial charge >= 0.3 is 0 Å². The number of fused-ring (bicyclic) bond motifs is 29. The molecule has 6 aromatic heterocycles. The van der Waals surface area contributed by atoms with Crippen LogP contribution in [0.5, 0.6) is 23.0 Å². The number of rotatable bonds is 8. The molecule has 2 atom stereocenters. The van der Waals surface area contributed by atoms with Gasteiger partial charge in [-0.3, -0.25) is 0 Å². The van der Waals surface area contributed by atoms with Crippen LogP contribution in [-0.2, 0) is 10.8 Å². The molecule has 0 radical (unpaired) electrons. The van der Waals surface area contributed by atoms with Crippen LogP contribution in [0.2, 0.25) is 0 Å². The minimum Gasteiger partial charge on any atom is -0.457 e. The molecule has 24 aromatic rings. The third-order valence-corrected chi connectivity index (χ3v) is 27.2. The van der Waals surface area contributed by atoms with E-state index in [0.29, 0.717) is 11.6 Å². The fourth-order valence-electron chi connectivity index (χ4n) is 21.9. The predicted molar refractivity (Wildman–Crippen MR) is 518 cm³/mol. The molecule has 28 rings (SSSR count). The highest BCUT2D eigenvalue weighted by atomic mass is 16.5. The summed E-state index contributed by atoms with van der Waals surface area (Å²) in [6.07, 6.45) is 0. The van der Waals surface area contributed by atoms with Crippen molar-refractivity contribution in [3.8, 4) is 114 Å². The molecule has 18 aromatic carbocycles. The monoisotopic (exact) mass is 1630 g/mol. The van der Waals surface area contributed by atoms with Gasteiger partial charge in [0.1, 0.15) is 17.2 Å². The third kappa shape index (κ3) is 10.2. The molecular weight excluding hydrogens is 1560 g/mol. The average Bonchev–Trinajstić information content (AvgIpc) is 1.27. The number of para-hydroxylation sites is 10. The van der Waals surface area contributed by atoms with Gasteiger partial charge in [-0.05, 0) is 113 Å². The Balaban J connectivity index is 0.000000132. The first-order chi connectivity index (χ1) is 63.5. The highest BCUT2D eigenvalue weighted by Crippen LogP contribution is 2.64. The minimum absolute atomic E-state index is 0.654. The maximum Gasteiger partial charge on any atom is 0.160 e. The van der Waals surface area contributed by atoms with Crippen LogP contribution in [0.4, 0.5) is 0 Å². The Bertz CT molecular complexity index is 8640. The van der Waals surface area contributed by atoms with E-state index in [0.717, 1.165) is 140 Å². The second kappa shape index (κ2) is 27.7. The third-order valence-electron chi connectivity index (χ3n) is 27.2. The van der Waals surface area contributed by atoms with Crippen molar-refractivity contribution in [2.45, 2.75) is 10.8 Å². The van der Waals surface area contributed by atoms with Gasteiger partial charge in [0.25, 0.3) is 0 Å². The summed E-state index contributed by atoms with van der Waals surface area (Å²) in [5.74, 6) is 4.84. The number of hydrogen-bond donors (Lipinski definition) is 0. The summed E-state index contributed by atoms with van der Waals surface area (Å²) in [4.78, 5) is 20.3. The Morgan fingerprint density at radius 2 is 0.531 bits per heavy atom.